The van der Waals surface area contributed by atoms with Gasteiger partial charge in [-0.2, -0.15) is 14.9 Å². The topological polar surface area (TPSA) is 92.5 Å². The van der Waals surface area contributed by atoms with E-state index in [4.69, 9.17) is 11.0 Å². The van der Waals surface area contributed by atoms with Crippen LogP contribution in [0.15, 0.2) is 24.3 Å². The van der Waals surface area contributed by atoms with Gasteiger partial charge in [-0.1, -0.05) is 6.07 Å². The van der Waals surface area contributed by atoms with Crippen LogP contribution in [0, 0.1) is 11.3 Å². The van der Waals surface area contributed by atoms with Crippen LogP contribution >= 0.6 is 0 Å². The first-order valence-electron chi connectivity index (χ1n) is 4.65. The van der Waals surface area contributed by atoms with Gasteiger partial charge >= 0.3 is 0 Å². The number of nitriles is 1. The number of benzene rings is 1. The maximum absolute atomic E-state index is 8.79. The van der Waals surface area contributed by atoms with Gasteiger partial charge in [-0.05, 0) is 18.2 Å². The van der Waals surface area contributed by atoms with Gasteiger partial charge in [0, 0.05) is 7.05 Å². The zero-order valence-corrected chi connectivity index (χ0v) is 8.68. The van der Waals surface area contributed by atoms with Gasteiger partial charge in [-0.3, -0.25) is 0 Å². The van der Waals surface area contributed by atoms with Crippen molar-refractivity contribution in [1.82, 2.24) is 14.8 Å². The predicted molar refractivity (Wildman–Crippen MR) is 60.0 cm³/mol. The molecule has 0 saturated carbocycles. The quantitative estimate of drug-likeness (QED) is 0.770. The third kappa shape index (κ3) is 1.66. The van der Waals surface area contributed by atoms with E-state index in [9.17, 15) is 0 Å². The summed E-state index contributed by atoms with van der Waals surface area (Å²) in [5.41, 5.74) is 6.97. The highest BCUT2D eigenvalue weighted by atomic mass is 15.4. The highest BCUT2D eigenvalue weighted by molar-refractivity contribution is 5.45. The van der Waals surface area contributed by atoms with E-state index in [2.05, 4.69) is 21.5 Å². The van der Waals surface area contributed by atoms with Crippen molar-refractivity contribution in [3.63, 3.8) is 0 Å². The Labute approximate surface area is 92.3 Å². The lowest BCUT2D eigenvalue weighted by atomic mass is 10.2. The van der Waals surface area contributed by atoms with Crippen LogP contribution in [0.5, 0.6) is 0 Å². The van der Waals surface area contributed by atoms with E-state index in [0.717, 1.165) is 0 Å². The Kier molecular flexibility index (Phi) is 2.44. The smallest absolute Gasteiger partial charge is 0.244 e. The number of nitrogens with zero attached hydrogens (tertiary/aromatic N) is 4. The van der Waals surface area contributed by atoms with E-state index in [0.29, 0.717) is 17.2 Å². The fraction of sp³-hybridized carbons (Fsp3) is 0.100. The molecule has 0 amide bonds. The molecule has 0 radical (unpaired) electrons. The zero-order chi connectivity index (χ0) is 11.5. The highest BCUT2D eigenvalue weighted by Crippen LogP contribution is 2.14. The van der Waals surface area contributed by atoms with E-state index < -0.39 is 0 Å². The monoisotopic (exact) mass is 214 g/mol. The van der Waals surface area contributed by atoms with Crippen molar-refractivity contribution >= 4 is 11.9 Å². The third-order valence-electron chi connectivity index (χ3n) is 2.08. The fourth-order valence-corrected chi connectivity index (χ4v) is 1.33. The average molecular weight is 214 g/mol. The summed E-state index contributed by atoms with van der Waals surface area (Å²) in [4.78, 5) is 4.00. The largest absolute Gasteiger partial charge is 0.368 e. The van der Waals surface area contributed by atoms with Gasteiger partial charge in [0.2, 0.25) is 11.9 Å². The first-order chi connectivity index (χ1) is 7.74. The second kappa shape index (κ2) is 3.90. The normalized spacial score (nSPS) is 9.75. The van der Waals surface area contributed by atoms with E-state index in [1.54, 1.807) is 25.2 Å². The van der Waals surface area contributed by atoms with Gasteiger partial charge in [-0.25, -0.2) is 0 Å². The number of rotatable bonds is 2. The second-order valence-electron chi connectivity index (χ2n) is 3.12. The Morgan fingerprint density at radius 1 is 1.50 bits per heavy atom. The van der Waals surface area contributed by atoms with Crippen molar-refractivity contribution in [3.05, 3.63) is 29.8 Å². The van der Waals surface area contributed by atoms with Crippen molar-refractivity contribution in [2.75, 3.05) is 18.1 Å². The number of anilines is 2. The lowest BCUT2D eigenvalue weighted by molar-refractivity contribution is 0.892. The minimum Gasteiger partial charge on any atom is -0.368 e. The van der Waals surface area contributed by atoms with Gasteiger partial charge in [0.05, 0.1) is 17.3 Å². The summed E-state index contributed by atoms with van der Waals surface area (Å²) < 4.78 is 1.48. The number of hydrogen-bond donors (Lipinski definition) is 2. The molecule has 0 saturated heterocycles. The number of aromatic nitrogens is 3. The maximum atomic E-state index is 8.79. The molecule has 0 bridgehead atoms. The van der Waals surface area contributed by atoms with Gasteiger partial charge in [0.15, 0.2) is 0 Å². The molecule has 2 aromatic rings. The molecule has 1 aromatic carbocycles. The molecule has 2 rings (SSSR count). The van der Waals surface area contributed by atoms with Gasteiger partial charge in [0.1, 0.15) is 0 Å². The summed E-state index contributed by atoms with van der Waals surface area (Å²) in [6, 6.07) is 9.06. The van der Waals surface area contributed by atoms with Gasteiger partial charge in [-0.15, -0.1) is 5.10 Å². The maximum Gasteiger partial charge on any atom is 0.244 e. The van der Waals surface area contributed by atoms with Crippen molar-refractivity contribution in [3.8, 4) is 11.8 Å². The summed E-state index contributed by atoms with van der Waals surface area (Å²) in [6.07, 6.45) is 0. The molecule has 0 aliphatic carbocycles. The molecule has 1 aromatic heterocycles. The van der Waals surface area contributed by atoms with E-state index in [-0.39, 0.29) is 5.95 Å². The van der Waals surface area contributed by atoms with Crippen LogP contribution in [-0.2, 0) is 0 Å². The highest BCUT2D eigenvalue weighted by Gasteiger charge is 2.07. The standard InChI is InChI=1S/C10H10N6/c1-13-10-14-9(12)16(15-10)8-4-2-3-7(5-8)6-11/h2-5H,1H3,(H3,12,13,14,15). The molecule has 1 heterocycles. The van der Waals surface area contributed by atoms with Crippen LogP contribution in [0.4, 0.5) is 11.9 Å². The molecule has 6 nitrogen and oxygen atoms in total. The van der Waals surface area contributed by atoms with Crippen LogP contribution in [0.2, 0.25) is 0 Å². The van der Waals surface area contributed by atoms with Crippen molar-refractivity contribution in [2.45, 2.75) is 0 Å². The van der Waals surface area contributed by atoms with Gasteiger partial charge in [0.25, 0.3) is 0 Å². The van der Waals surface area contributed by atoms with Crippen LogP contribution < -0.4 is 11.1 Å². The molecule has 80 valence electrons. The van der Waals surface area contributed by atoms with Crippen molar-refractivity contribution in [1.29, 1.82) is 5.26 Å². The van der Waals surface area contributed by atoms with Crippen LogP contribution in [0.25, 0.3) is 5.69 Å². The molecule has 0 aliphatic heterocycles. The minimum atomic E-state index is 0.277. The SMILES string of the molecule is CNc1nc(N)n(-c2cccc(C#N)c2)n1. The average Bonchev–Trinajstić information content (AvgIpc) is 2.71. The van der Waals surface area contributed by atoms with Crippen LogP contribution in [0.1, 0.15) is 5.56 Å². The summed E-state index contributed by atoms with van der Waals surface area (Å²) in [5.74, 6) is 0.722. The van der Waals surface area contributed by atoms with Gasteiger partial charge < -0.3 is 11.1 Å². The van der Waals surface area contributed by atoms with E-state index in [1.165, 1.54) is 4.68 Å². The van der Waals surface area contributed by atoms with E-state index >= 15 is 0 Å². The molecule has 0 spiro atoms. The third-order valence-corrected chi connectivity index (χ3v) is 2.08. The molecule has 6 heteroatoms. The molecular formula is C10H10N6. The summed E-state index contributed by atoms with van der Waals surface area (Å²) in [7, 11) is 1.71. The first-order valence-corrected chi connectivity index (χ1v) is 4.65. The van der Waals surface area contributed by atoms with Crippen LogP contribution in [-0.4, -0.2) is 21.8 Å². The predicted octanol–water partition coefficient (Wildman–Crippen LogP) is 0.763. The Hall–Kier alpha value is -2.55. The molecule has 0 unspecified atom stereocenters. The molecule has 16 heavy (non-hydrogen) atoms. The van der Waals surface area contributed by atoms with Crippen LogP contribution in [0.3, 0.4) is 0 Å². The minimum absolute atomic E-state index is 0.277. The molecule has 0 aliphatic rings. The first kappa shape index (κ1) is 9.98. The number of hydrogen-bond acceptors (Lipinski definition) is 5. The zero-order valence-electron chi connectivity index (χ0n) is 8.68. The Morgan fingerprint density at radius 2 is 2.31 bits per heavy atom. The molecule has 0 atom stereocenters. The van der Waals surface area contributed by atoms with Crippen molar-refractivity contribution < 1.29 is 0 Å². The molecular weight excluding hydrogens is 204 g/mol. The number of nitrogens with two attached hydrogens (primary N) is 1. The molecule has 3 N–H and O–H groups in total. The summed E-state index contributed by atoms with van der Waals surface area (Å²) in [5, 5.41) is 15.7. The number of nitrogens with one attached hydrogen (secondary N) is 1. The lowest BCUT2D eigenvalue weighted by Gasteiger charge is -2.01. The Morgan fingerprint density at radius 3 is 2.94 bits per heavy atom. The fourth-order valence-electron chi connectivity index (χ4n) is 1.33. The second-order valence-corrected chi connectivity index (χ2v) is 3.12. The summed E-state index contributed by atoms with van der Waals surface area (Å²) in [6.45, 7) is 0. The lowest BCUT2D eigenvalue weighted by Crippen LogP contribution is -2.02. The summed E-state index contributed by atoms with van der Waals surface area (Å²) >= 11 is 0. The van der Waals surface area contributed by atoms with Crippen molar-refractivity contribution in [2.24, 2.45) is 0 Å². The Balaban J connectivity index is 2.50. The molecule has 0 fully saturated rings. The van der Waals surface area contributed by atoms with E-state index in [1.807, 2.05) is 6.07 Å². The number of nitrogen functional groups attached to an aromatic ring is 1. The Bertz CT molecular complexity index is 551.